The second-order valence-electron chi connectivity index (χ2n) is 8.48. The van der Waals surface area contributed by atoms with Crippen molar-refractivity contribution < 1.29 is 32.8 Å². The molecule has 0 aliphatic carbocycles. The normalized spacial score (nSPS) is 30.5. The number of nitrogens with one attached hydrogen (secondary N) is 1. The average molecular weight is 431 g/mol. The van der Waals surface area contributed by atoms with E-state index in [1.54, 1.807) is 24.8 Å². The number of hydrogen-bond acceptors (Lipinski definition) is 8. The van der Waals surface area contributed by atoms with Crippen LogP contribution in [0.5, 0.6) is 0 Å². The lowest BCUT2D eigenvalue weighted by Gasteiger charge is -2.55. The number of imide groups is 1. The van der Waals surface area contributed by atoms with Gasteiger partial charge in [0.25, 0.3) is 0 Å². The molecule has 10 heteroatoms. The van der Waals surface area contributed by atoms with Crippen molar-refractivity contribution >= 4 is 34.3 Å². The van der Waals surface area contributed by atoms with Crippen molar-refractivity contribution in [1.29, 1.82) is 0 Å². The van der Waals surface area contributed by atoms with E-state index < -0.39 is 53.5 Å². The molecule has 1 unspecified atom stereocenters. The Kier molecular flexibility index (Phi) is 4.42. The predicted octanol–water partition coefficient (Wildman–Crippen LogP) is 1.04. The number of carbonyl (C=O) groups is 3. The fourth-order valence-corrected chi connectivity index (χ4v) is 5.42. The third kappa shape index (κ3) is 2.67. The highest BCUT2D eigenvalue weighted by atomic mass is 19.1. The number of Topliss-reactive ketones (excluding diaryl/α,β-unsaturated/α-hetero) is 1. The number of amides is 2. The van der Waals surface area contributed by atoms with Gasteiger partial charge in [0.05, 0.1) is 42.7 Å². The average Bonchev–Trinajstić information content (AvgIpc) is 3.07. The molecule has 1 N–H and O–H groups in total. The molecule has 3 aliphatic heterocycles. The van der Waals surface area contributed by atoms with Gasteiger partial charge in [-0.2, -0.15) is 0 Å². The van der Waals surface area contributed by atoms with Crippen LogP contribution in [0.15, 0.2) is 10.6 Å². The van der Waals surface area contributed by atoms with Crippen molar-refractivity contribution in [2.75, 3.05) is 25.2 Å². The smallest absolute Gasteiger partial charge is 0.242 e. The molecule has 1 aromatic carbocycles. The summed E-state index contributed by atoms with van der Waals surface area (Å²) in [6.07, 6.45) is -1.44. The van der Waals surface area contributed by atoms with Gasteiger partial charge >= 0.3 is 0 Å². The Hall–Kier alpha value is -2.85. The molecule has 31 heavy (non-hydrogen) atoms. The number of morpholine rings is 1. The van der Waals surface area contributed by atoms with Crippen LogP contribution in [-0.2, 0) is 30.3 Å². The molecule has 3 aliphatic rings. The van der Waals surface area contributed by atoms with Gasteiger partial charge < -0.3 is 18.9 Å². The van der Waals surface area contributed by atoms with Crippen LogP contribution in [0, 0.1) is 18.2 Å². The zero-order chi connectivity index (χ0) is 22.1. The number of anilines is 1. The van der Waals surface area contributed by atoms with Crippen LogP contribution in [0.2, 0.25) is 0 Å². The number of fused-ring (bicyclic) bond motifs is 5. The van der Waals surface area contributed by atoms with Crippen molar-refractivity contribution in [2.45, 2.75) is 44.9 Å². The molecular formula is C21H22FN3O6. The van der Waals surface area contributed by atoms with Crippen LogP contribution in [0.3, 0.4) is 0 Å². The number of methoxy groups -OCH3 is 1. The first-order chi connectivity index (χ1) is 14.8. The van der Waals surface area contributed by atoms with E-state index in [1.165, 1.54) is 7.11 Å². The Balaban J connectivity index is 1.75. The lowest BCUT2D eigenvalue weighted by Crippen LogP contribution is -2.72. The van der Waals surface area contributed by atoms with Gasteiger partial charge in [-0.25, -0.2) is 4.39 Å². The minimum atomic E-state index is -1.57. The van der Waals surface area contributed by atoms with E-state index in [9.17, 15) is 14.4 Å². The Bertz CT molecular complexity index is 1110. The van der Waals surface area contributed by atoms with Crippen LogP contribution >= 0.6 is 0 Å². The second kappa shape index (κ2) is 6.83. The van der Waals surface area contributed by atoms with Crippen LogP contribution in [0.25, 0.3) is 11.0 Å². The van der Waals surface area contributed by atoms with E-state index in [4.69, 9.17) is 14.0 Å². The number of ketones is 1. The highest BCUT2D eigenvalue weighted by molar-refractivity contribution is 6.22. The van der Waals surface area contributed by atoms with Crippen molar-refractivity contribution in [2.24, 2.45) is 5.41 Å². The maximum Gasteiger partial charge on any atom is 0.242 e. The summed E-state index contributed by atoms with van der Waals surface area (Å²) in [7, 11) is 1.54. The quantitative estimate of drug-likeness (QED) is 0.555. The molecule has 1 spiro atoms. The van der Waals surface area contributed by atoms with E-state index in [0.29, 0.717) is 16.6 Å². The molecule has 0 bridgehead atoms. The first-order valence-electron chi connectivity index (χ1n) is 10.1. The maximum atomic E-state index is 15.7. The SMILES string of the molecule is COC[C@@H]1CN2c3c(cc4c(C)noc4c3F)CC3(C(=O)CC(=O)NC3=O)[C@H]2[C@H](C)O1. The number of aromatic nitrogens is 1. The molecule has 9 nitrogen and oxygen atoms in total. The summed E-state index contributed by atoms with van der Waals surface area (Å²) in [6, 6.07) is 0.935. The lowest BCUT2D eigenvalue weighted by molar-refractivity contribution is -0.159. The molecule has 4 atom stereocenters. The van der Waals surface area contributed by atoms with Gasteiger partial charge in [-0.3, -0.25) is 19.7 Å². The van der Waals surface area contributed by atoms with Crippen molar-refractivity contribution in [3.8, 4) is 0 Å². The van der Waals surface area contributed by atoms with Gasteiger partial charge in [-0.1, -0.05) is 5.16 Å². The third-order valence-corrected chi connectivity index (χ3v) is 6.62. The second-order valence-corrected chi connectivity index (χ2v) is 8.48. The standard InChI is InChI=1S/C21H22FN3O6/c1-9-13-4-11-6-21(14(26)5-15(27)23-20(21)28)19-10(2)30-12(8-29-3)7-25(19)17(11)16(22)18(13)31-24-9/h4,10,12,19H,5-8H2,1-3H3,(H,23,27,28)/t10-,12-,19+,21?/m0/s1. The lowest BCUT2D eigenvalue weighted by atomic mass is 9.63. The molecule has 164 valence electrons. The summed E-state index contributed by atoms with van der Waals surface area (Å²) in [6.45, 7) is 3.92. The van der Waals surface area contributed by atoms with E-state index in [0.717, 1.165) is 0 Å². The number of rotatable bonds is 2. The van der Waals surface area contributed by atoms with Crippen molar-refractivity contribution in [1.82, 2.24) is 10.5 Å². The van der Waals surface area contributed by atoms with Gasteiger partial charge in [-0.15, -0.1) is 0 Å². The Morgan fingerprint density at radius 2 is 2.16 bits per heavy atom. The van der Waals surface area contributed by atoms with Crippen molar-refractivity contribution in [3.05, 3.63) is 23.1 Å². The fraction of sp³-hybridized carbons (Fsp3) is 0.524. The molecular weight excluding hydrogens is 409 g/mol. The van der Waals surface area contributed by atoms with E-state index in [2.05, 4.69) is 10.5 Å². The number of carbonyl (C=O) groups excluding carboxylic acids is 3. The molecule has 4 heterocycles. The highest BCUT2D eigenvalue weighted by Gasteiger charge is 2.63. The van der Waals surface area contributed by atoms with E-state index >= 15 is 4.39 Å². The van der Waals surface area contributed by atoms with Gasteiger partial charge in [0.15, 0.2) is 11.6 Å². The molecule has 1 aromatic heterocycles. The first-order valence-corrected chi connectivity index (χ1v) is 10.1. The summed E-state index contributed by atoms with van der Waals surface area (Å²) in [4.78, 5) is 40.0. The number of nitrogens with zero attached hydrogens (tertiary/aromatic N) is 2. The van der Waals surface area contributed by atoms with Gasteiger partial charge in [0, 0.05) is 19.0 Å². The van der Waals surface area contributed by atoms with Crippen LogP contribution in [0.4, 0.5) is 10.1 Å². The summed E-state index contributed by atoms with van der Waals surface area (Å²) >= 11 is 0. The first kappa shape index (κ1) is 20.1. The topological polar surface area (TPSA) is 111 Å². The van der Waals surface area contributed by atoms with Gasteiger partial charge in [0.2, 0.25) is 17.4 Å². The highest BCUT2D eigenvalue weighted by Crippen LogP contribution is 2.50. The fourth-order valence-electron chi connectivity index (χ4n) is 5.42. The molecule has 2 aromatic rings. The van der Waals surface area contributed by atoms with Crippen LogP contribution in [0.1, 0.15) is 24.6 Å². The number of hydrogen-bond donors (Lipinski definition) is 1. The van der Waals surface area contributed by atoms with Gasteiger partial charge in [-0.05, 0) is 31.9 Å². The van der Waals surface area contributed by atoms with Gasteiger partial charge in [0.1, 0.15) is 5.41 Å². The third-order valence-electron chi connectivity index (χ3n) is 6.62. The summed E-state index contributed by atoms with van der Waals surface area (Å²) in [5.74, 6) is -2.36. The molecule has 0 radical (unpaired) electrons. The predicted molar refractivity (Wildman–Crippen MR) is 105 cm³/mol. The number of piperidine rings is 1. The molecule has 2 amide bonds. The monoisotopic (exact) mass is 431 g/mol. The maximum absolute atomic E-state index is 15.7. The summed E-state index contributed by atoms with van der Waals surface area (Å²) in [5.41, 5.74) is -0.259. The summed E-state index contributed by atoms with van der Waals surface area (Å²) in [5, 5.41) is 6.67. The minimum absolute atomic E-state index is 0.0305. The van der Waals surface area contributed by atoms with Crippen LogP contribution < -0.4 is 10.2 Å². The Labute approximate surface area is 176 Å². The Morgan fingerprint density at radius 1 is 1.39 bits per heavy atom. The molecule has 2 saturated heterocycles. The Morgan fingerprint density at radius 3 is 2.87 bits per heavy atom. The molecule has 0 saturated carbocycles. The zero-order valence-electron chi connectivity index (χ0n) is 17.4. The number of ether oxygens (including phenoxy) is 2. The van der Waals surface area contributed by atoms with E-state index in [1.807, 2.05) is 0 Å². The van der Waals surface area contributed by atoms with Crippen molar-refractivity contribution in [3.63, 3.8) is 0 Å². The number of halogens is 1. The minimum Gasteiger partial charge on any atom is -0.382 e. The largest absolute Gasteiger partial charge is 0.382 e. The molecule has 5 rings (SSSR count). The number of benzene rings is 1. The molecule has 2 fully saturated rings. The van der Waals surface area contributed by atoms with E-state index in [-0.39, 0.29) is 30.8 Å². The number of aryl methyl sites for hydroxylation is 1. The summed E-state index contributed by atoms with van der Waals surface area (Å²) < 4.78 is 32.2. The van der Waals surface area contributed by atoms with Crippen LogP contribution in [-0.4, -0.2) is 61.3 Å². The zero-order valence-corrected chi connectivity index (χ0v) is 17.4.